The van der Waals surface area contributed by atoms with Crippen LogP contribution in [0.25, 0.3) is 0 Å². The molecule has 4 heteroatoms. The van der Waals surface area contributed by atoms with Gasteiger partial charge in [0.05, 0.1) is 11.9 Å². The summed E-state index contributed by atoms with van der Waals surface area (Å²) in [7, 11) is 0. The Hall–Kier alpha value is -1.00. The van der Waals surface area contributed by atoms with Crippen molar-refractivity contribution in [3.05, 3.63) is 35.4 Å². The van der Waals surface area contributed by atoms with Crippen molar-refractivity contribution in [2.45, 2.75) is 25.3 Å². The topological polar surface area (TPSA) is 40.5 Å². The molecule has 2 atom stereocenters. The summed E-state index contributed by atoms with van der Waals surface area (Å²) < 4.78 is 0. The lowest BCUT2D eigenvalue weighted by atomic mass is 10.1. The van der Waals surface area contributed by atoms with Crippen molar-refractivity contribution in [2.75, 3.05) is 12.3 Å². The standard InChI is InChI=1S/C13H17NO2S/c1-9-3-5-11(6-4-9)13-14(7-10(2)15)12(16)8-17-13/h3-6,10,13,15H,7-8H2,1-2H3/t10-,13+/m1/s1. The Balaban J connectivity index is 2.19. The van der Waals surface area contributed by atoms with E-state index in [1.807, 2.05) is 6.92 Å². The molecule has 0 aromatic heterocycles. The first-order valence-corrected chi connectivity index (χ1v) is 6.78. The molecule has 1 aromatic rings. The van der Waals surface area contributed by atoms with E-state index in [9.17, 15) is 9.90 Å². The van der Waals surface area contributed by atoms with Crippen LogP contribution in [0.3, 0.4) is 0 Å². The fourth-order valence-electron chi connectivity index (χ4n) is 1.94. The lowest BCUT2D eigenvalue weighted by Crippen LogP contribution is -2.34. The monoisotopic (exact) mass is 251 g/mol. The second-order valence-corrected chi connectivity index (χ2v) is 5.54. The molecule has 3 nitrogen and oxygen atoms in total. The van der Waals surface area contributed by atoms with Crippen molar-refractivity contribution < 1.29 is 9.90 Å². The van der Waals surface area contributed by atoms with Crippen LogP contribution in [0, 0.1) is 6.92 Å². The highest BCUT2D eigenvalue weighted by Crippen LogP contribution is 2.38. The van der Waals surface area contributed by atoms with Crippen LogP contribution in [0.1, 0.15) is 23.4 Å². The number of nitrogens with zero attached hydrogens (tertiary/aromatic N) is 1. The Bertz CT molecular complexity index is 402. The second-order valence-electron chi connectivity index (χ2n) is 4.47. The molecule has 1 heterocycles. The van der Waals surface area contributed by atoms with E-state index in [1.54, 1.807) is 23.6 Å². The second kappa shape index (κ2) is 5.10. The smallest absolute Gasteiger partial charge is 0.233 e. The summed E-state index contributed by atoms with van der Waals surface area (Å²) in [5.41, 5.74) is 2.34. The molecule has 1 fully saturated rings. The van der Waals surface area contributed by atoms with E-state index in [0.717, 1.165) is 5.56 Å². The van der Waals surface area contributed by atoms with Gasteiger partial charge in [0.25, 0.3) is 0 Å². The molecule has 1 aliphatic heterocycles. The van der Waals surface area contributed by atoms with E-state index >= 15 is 0 Å². The third-order valence-corrected chi connectivity index (χ3v) is 4.05. The largest absolute Gasteiger partial charge is 0.392 e. The molecule has 1 N–H and O–H groups in total. The zero-order chi connectivity index (χ0) is 12.4. The van der Waals surface area contributed by atoms with Gasteiger partial charge >= 0.3 is 0 Å². The van der Waals surface area contributed by atoms with E-state index in [-0.39, 0.29) is 11.3 Å². The quantitative estimate of drug-likeness (QED) is 0.892. The molecule has 17 heavy (non-hydrogen) atoms. The van der Waals surface area contributed by atoms with Crippen LogP contribution >= 0.6 is 11.8 Å². The molecule has 0 bridgehead atoms. The minimum Gasteiger partial charge on any atom is -0.392 e. The van der Waals surface area contributed by atoms with Crippen molar-refractivity contribution in [2.24, 2.45) is 0 Å². The summed E-state index contributed by atoms with van der Waals surface area (Å²) in [4.78, 5) is 13.5. The number of rotatable bonds is 3. The summed E-state index contributed by atoms with van der Waals surface area (Å²) in [6.45, 7) is 4.16. The van der Waals surface area contributed by atoms with Crippen molar-refractivity contribution in [1.82, 2.24) is 4.90 Å². The van der Waals surface area contributed by atoms with Crippen LogP contribution in [0.2, 0.25) is 0 Å². The number of thioether (sulfide) groups is 1. The van der Waals surface area contributed by atoms with E-state index in [2.05, 4.69) is 24.3 Å². The molecular weight excluding hydrogens is 234 g/mol. The van der Waals surface area contributed by atoms with Crippen LogP contribution in [-0.2, 0) is 4.79 Å². The highest BCUT2D eigenvalue weighted by molar-refractivity contribution is 8.00. The average Bonchev–Trinajstić information content (AvgIpc) is 2.61. The molecule has 92 valence electrons. The van der Waals surface area contributed by atoms with Crippen LogP contribution in [0.15, 0.2) is 24.3 Å². The maximum atomic E-state index is 11.8. The average molecular weight is 251 g/mol. The van der Waals surface area contributed by atoms with Gasteiger partial charge in [0, 0.05) is 6.54 Å². The van der Waals surface area contributed by atoms with Crippen LogP contribution in [-0.4, -0.2) is 34.3 Å². The molecule has 1 saturated heterocycles. The van der Waals surface area contributed by atoms with Crippen molar-refractivity contribution in [3.63, 3.8) is 0 Å². The first-order chi connectivity index (χ1) is 8.08. The molecule has 0 aliphatic carbocycles. The zero-order valence-electron chi connectivity index (χ0n) is 10.1. The molecule has 1 aromatic carbocycles. The van der Waals surface area contributed by atoms with Crippen LogP contribution < -0.4 is 0 Å². The summed E-state index contributed by atoms with van der Waals surface area (Å²) >= 11 is 1.62. The van der Waals surface area contributed by atoms with Gasteiger partial charge in [0.2, 0.25) is 5.91 Å². The van der Waals surface area contributed by atoms with Gasteiger partial charge in [-0.05, 0) is 19.4 Å². The van der Waals surface area contributed by atoms with E-state index in [0.29, 0.717) is 12.3 Å². The maximum Gasteiger partial charge on any atom is 0.233 e. The lowest BCUT2D eigenvalue weighted by Gasteiger charge is -2.25. The van der Waals surface area contributed by atoms with E-state index < -0.39 is 6.10 Å². The van der Waals surface area contributed by atoms with Gasteiger partial charge in [0.1, 0.15) is 5.37 Å². The van der Waals surface area contributed by atoms with Crippen LogP contribution in [0.4, 0.5) is 0 Å². The van der Waals surface area contributed by atoms with Gasteiger partial charge in [-0.2, -0.15) is 0 Å². The molecule has 0 unspecified atom stereocenters. The van der Waals surface area contributed by atoms with Gasteiger partial charge in [-0.1, -0.05) is 29.8 Å². The number of β-amino-alcohol motifs (C(OH)–C–C–N with tert-alkyl or cyclic N) is 1. The first-order valence-electron chi connectivity index (χ1n) is 5.73. The Kier molecular flexibility index (Phi) is 3.74. The fraction of sp³-hybridized carbons (Fsp3) is 0.462. The molecule has 0 saturated carbocycles. The van der Waals surface area contributed by atoms with E-state index in [4.69, 9.17) is 0 Å². The minimum absolute atomic E-state index is 0.0534. The van der Waals surface area contributed by atoms with Gasteiger partial charge in [-0.15, -0.1) is 11.8 Å². The maximum absolute atomic E-state index is 11.8. The van der Waals surface area contributed by atoms with E-state index in [1.165, 1.54) is 5.56 Å². The third-order valence-electron chi connectivity index (χ3n) is 2.79. The Morgan fingerprint density at radius 3 is 2.71 bits per heavy atom. The lowest BCUT2D eigenvalue weighted by molar-refractivity contribution is -0.129. The first kappa shape index (κ1) is 12.5. The predicted molar refractivity (Wildman–Crippen MR) is 69.8 cm³/mol. The Morgan fingerprint density at radius 2 is 2.12 bits per heavy atom. The Morgan fingerprint density at radius 1 is 1.47 bits per heavy atom. The number of aryl methyl sites for hydroxylation is 1. The van der Waals surface area contributed by atoms with Crippen LogP contribution in [0.5, 0.6) is 0 Å². The summed E-state index contributed by atoms with van der Waals surface area (Å²) in [6.07, 6.45) is -0.481. The molecule has 0 radical (unpaired) electrons. The van der Waals surface area contributed by atoms with Gasteiger partial charge in [0.15, 0.2) is 0 Å². The number of carbonyl (C=O) groups excluding carboxylic acids is 1. The fourth-order valence-corrected chi connectivity index (χ4v) is 3.14. The zero-order valence-corrected chi connectivity index (χ0v) is 10.9. The number of aliphatic hydroxyl groups is 1. The minimum atomic E-state index is -0.481. The number of hydrogen-bond acceptors (Lipinski definition) is 3. The number of carbonyl (C=O) groups is 1. The van der Waals surface area contributed by atoms with Gasteiger partial charge in [-0.25, -0.2) is 0 Å². The number of aliphatic hydroxyl groups excluding tert-OH is 1. The molecule has 1 aliphatic rings. The molecule has 0 spiro atoms. The molecule has 2 rings (SSSR count). The van der Waals surface area contributed by atoms with Gasteiger partial charge < -0.3 is 10.0 Å². The number of hydrogen-bond donors (Lipinski definition) is 1. The third kappa shape index (κ3) is 2.82. The summed E-state index contributed by atoms with van der Waals surface area (Å²) in [5.74, 6) is 0.618. The number of benzene rings is 1. The highest BCUT2D eigenvalue weighted by atomic mass is 32.2. The predicted octanol–water partition coefficient (Wildman–Crippen LogP) is 1.95. The SMILES string of the molecule is Cc1ccc([C@@H]2SCC(=O)N2C[C@@H](C)O)cc1. The van der Waals surface area contributed by atoms with Crippen molar-refractivity contribution >= 4 is 17.7 Å². The molecule has 1 amide bonds. The van der Waals surface area contributed by atoms with Crippen molar-refractivity contribution in [3.8, 4) is 0 Å². The Labute approximate surface area is 106 Å². The highest BCUT2D eigenvalue weighted by Gasteiger charge is 2.33. The van der Waals surface area contributed by atoms with Crippen molar-refractivity contribution in [1.29, 1.82) is 0 Å². The normalized spacial score (nSPS) is 21.9. The number of amides is 1. The van der Waals surface area contributed by atoms with Gasteiger partial charge in [-0.3, -0.25) is 4.79 Å². The molecular formula is C13H17NO2S. The summed E-state index contributed by atoms with van der Waals surface area (Å²) in [5, 5.41) is 9.49. The summed E-state index contributed by atoms with van der Waals surface area (Å²) in [6, 6.07) is 8.22.